The molecule has 0 saturated carbocycles. The summed E-state index contributed by atoms with van der Waals surface area (Å²) in [5, 5.41) is 14.0. The Morgan fingerprint density at radius 3 is 2.25 bits per heavy atom. The molecule has 0 aliphatic rings. The van der Waals surface area contributed by atoms with Crippen LogP contribution in [0.5, 0.6) is 5.75 Å². The number of benzene rings is 3. The van der Waals surface area contributed by atoms with E-state index in [0.29, 0.717) is 5.75 Å². The second-order valence-corrected chi connectivity index (χ2v) is 6.10. The zero-order valence-electron chi connectivity index (χ0n) is 13.9. The Kier molecular flexibility index (Phi) is 5.29. The van der Waals surface area contributed by atoms with Gasteiger partial charge in [0.1, 0.15) is 5.75 Å². The van der Waals surface area contributed by atoms with E-state index in [1.54, 1.807) is 6.07 Å². The van der Waals surface area contributed by atoms with Crippen LogP contribution >= 0.6 is 0 Å². The molecule has 3 aromatic rings. The van der Waals surface area contributed by atoms with E-state index in [1.807, 2.05) is 30.3 Å². The molecule has 0 bridgehead atoms. The molecule has 3 rings (SSSR count). The van der Waals surface area contributed by atoms with E-state index >= 15 is 0 Å². The van der Waals surface area contributed by atoms with Gasteiger partial charge in [0.15, 0.2) is 0 Å². The van der Waals surface area contributed by atoms with Gasteiger partial charge in [-0.1, -0.05) is 78.4 Å². The summed E-state index contributed by atoms with van der Waals surface area (Å²) >= 11 is 0. The second kappa shape index (κ2) is 7.80. The van der Waals surface area contributed by atoms with Crippen molar-refractivity contribution in [2.45, 2.75) is 19.4 Å². The first kappa shape index (κ1) is 16.3. The second-order valence-electron chi connectivity index (χ2n) is 6.10. The van der Waals surface area contributed by atoms with Crippen LogP contribution in [0.1, 0.15) is 28.3 Å². The van der Waals surface area contributed by atoms with Crippen molar-refractivity contribution in [3.63, 3.8) is 0 Å². The number of phenolic OH excluding ortho intramolecular Hbond substituents is 1. The van der Waals surface area contributed by atoms with E-state index in [0.717, 1.165) is 29.7 Å². The zero-order valence-corrected chi connectivity index (χ0v) is 13.9. The van der Waals surface area contributed by atoms with E-state index in [4.69, 9.17) is 0 Å². The SMILES string of the molecule is Cc1ccc(O)c(C(NCCc2ccccc2)c2ccccc2)c1. The normalized spacial score (nSPS) is 12.0. The lowest BCUT2D eigenvalue weighted by molar-refractivity contribution is 0.457. The molecule has 2 nitrogen and oxygen atoms in total. The molecule has 0 aliphatic heterocycles. The Balaban J connectivity index is 1.82. The van der Waals surface area contributed by atoms with Crippen molar-refractivity contribution < 1.29 is 5.11 Å². The molecule has 0 spiro atoms. The van der Waals surface area contributed by atoms with Gasteiger partial charge in [-0.05, 0) is 30.5 Å². The fourth-order valence-electron chi connectivity index (χ4n) is 2.96. The maximum Gasteiger partial charge on any atom is 0.120 e. The van der Waals surface area contributed by atoms with Crippen LogP contribution in [0.2, 0.25) is 0 Å². The van der Waals surface area contributed by atoms with E-state index in [2.05, 4.69) is 54.7 Å². The monoisotopic (exact) mass is 317 g/mol. The summed E-state index contributed by atoms with van der Waals surface area (Å²) in [6.45, 7) is 2.89. The lowest BCUT2D eigenvalue weighted by atomic mass is 9.96. The van der Waals surface area contributed by atoms with Gasteiger partial charge in [-0.15, -0.1) is 0 Å². The van der Waals surface area contributed by atoms with Gasteiger partial charge in [0.25, 0.3) is 0 Å². The number of phenols is 1. The molecule has 2 N–H and O–H groups in total. The highest BCUT2D eigenvalue weighted by Gasteiger charge is 2.17. The summed E-state index contributed by atoms with van der Waals surface area (Å²) in [7, 11) is 0. The van der Waals surface area contributed by atoms with Crippen molar-refractivity contribution in [1.29, 1.82) is 0 Å². The largest absolute Gasteiger partial charge is 0.508 e. The molecule has 0 amide bonds. The third kappa shape index (κ3) is 4.03. The maximum atomic E-state index is 10.3. The molecule has 0 heterocycles. The smallest absolute Gasteiger partial charge is 0.120 e. The van der Waals surface area contributed by atoms with Crippen LogP contribution in [0.3, 0.4) is 0 Å². The molecule has 1 unspecified atom stereocenters. The summed E-state index contributed by atoms with van der Waals surface area (Å²) in [5.41, 5.74) is 4.54. The van der Waals surface area contributed by atoms with Crippen molar-refractivity contribution >= 4 is 0 Å². The average Bonchev–Trinajstić information content (AvgIpc) is 2.63. The van der Waals surface area contributed by atoms with E-state index in [-0.39, 0.29) is 6.04 Å². The van der Waals surface area contributed by atoms with Gasteiger partial charge in [-0.2, -0.15) is 0 Å². The van der Waals surface area contributed by atoms with Crippen molar-refractivity contribution in [3.8, 4) is 5.75 Å². The topological polar surface area (TPSA) is 32.3 Å². The number of aryl methyl sites for hydroxylation is 1. The predicted molar refractivity (Wildman–Crippen MR) is 99.3 cm³/mol. The minimum Gasteiger partial charge on any atom is -0.508 e. The van der Waals surface area contributed by atoms with Gasteiger partial charge in [0, 0.05) is 12.1 Å². The summed E-state index contributed by atoms with van der Waals surface area (Å²) in [5.74, 6) is 0.335. The van der Waals surface area contributed by atoms with Crippen molar-refractivity contribution in [3.05, 3.63) is 101 Å². The molecule has 0 aliphatic carbocycles. The fourth-order valence-corrected chi connectivity index (χ4v) is 2.96. The third-order valence-electron chi connectivity index (χ3n) is 4.23. The van der Waals surface area contributed by atoms with Crippen LogP contribution in [0.15, 0.2) is 78.9 Å². The molecular formula is C22H23NO. The van der Waals surface area contributed by atoms with Crippen LogP contribution < -0.4 is 5.32 Å². The molecule has 3 aromatic carbocycles. The number of hydrogen-bond acceptors (Lipinski definition) is 2. The predicted octanol–water partition coefficient (Wildman–Crippen LogP) is 4.62. The first-order valence-corrected chi connectivity index (χ1v) is 8.36. The Hall–Kier alpha value is -2.58. The molecule has 122 valence electrons. The van der Waals surface area contributed by atoms with Crippen LogP contribution in [0, 0.1) is 6.92 Å². The van der Waals surface area contributed by atoms with Gasteiger partial charge in [0.2, 0.25) is 0 Å². The van der Waals surface area contributed by atoms with E-state index < -0.39 is 0 Å². The fraction of sp³-hybridized carbons (Fsp3) is 0.182. The zero-order chi connectivity index (χ0) is 16.8. The summed E-state index contributed by atoms with van der Waals surface area (Å²) in [4.78, 5) is 0. The van der Waals surface area contributed by atoms with Crippen LogP contribution in [0.4, 0.5) is 0 Å². The minimum absolute atomic E-state index is 0.0187. The maximum absolute atomic E-state index is 10.3. The van der Waals surface area contributed by atoms with Gasteiger partial charge in [0.05, 0.1) is 6.04 Å². The minimum atomic E-state index is -0.0187. The van der Waals surface area contributed by atoms with Crippen LogP contribution in [-0.4, -0.2) is 11.7 Å². The molecule has 1 atom stereocenters. The van der Waals surface area contributed by atoms with Crippen molar-refractivity contribution in [2.75, 3.05) is 6.54 Å². The molecule has 0 saturated heterocycles. The Morgan fingerprint density at radius 1 is 0.875 bits per heavy atom. The summed E-state index contributed by atoms with van der Waals surface area (Å²) < 4.78 is 0. The van der Waals surface area contributed by atoms with Crippen LogP contribution in [0.25, 0.3) is 0 Å². The Labute approximate surface area is 143 Å². The summed E-state index contributed by atoms with van der Waals surface area (Å²) in [6.07, 6.45) is 0.955. The van der Waals surface area contributed by atoms with Crippen LogP contribution in [-0.2, 0) is 6.42 Å². The standard InChI is InChI=1S/C22H23NO/c1-17-12-13-21(24)20(16-17)22(19-10-6-3-7-11-19)23-15-14-18-8-4-2-5-9-18/h2-13,16,22-24H,14-15H2,1H3. The lowest BCUT2D eigenvalue weighted by Crippen LogP contribution is -2.25. The molecule has 2 heteroatoms. The highest BCUT2D eigenvalue weighted by atomic mass is 16.3. The lowest BCUT2D eigenvalue weighted by Gasteiger charge is -2.21. The van der Waals surface area contributed by atoms with Gasteiger partial charge in [-0.25, -0.2) is 0 Å². The number of hydrogen-bond donors (Lipinski definition) is 2. The quantitative estimate of drug-likeness (QED) is 0.695. The van der Waals surface area contributed by atoms with Gasteiger partial charge < -0.3 is 10.4 Å². The number of rotatable bonds is 6. The highest BCUT2D eigenvalue weighted by molar-refractivity contribution is 5.43. The molecule has 0 radical (unpaired) electrons. The van der Waals surface area contributed by atoms with E-state index in [1.165, 1.54) is 5.56 Å². The number of nitrogens with one attached hydrogen (secondary N) is 1. The third-order valence-corrected chi connectivity index (χ3v) is 4.23. The molecule has 0 fully saturated rings. The van der Waals surface area contributed by atoms with Gasteiger partial charge >= 0.3 is 0 Å². The first-order chi connectivity index (χ1) is 11.7. The summed E-state index contributed by atoms with van der Waals surface area (Å²) in [6, 6.07) is 26.5. The highest BCUT2D eigenvalue weighted by Crippen LogP contribution is 2.30. The molecule has 24 heavy (non-hydrogen) atoms. The molecular weight excluding hydrogens is 294 g/mol. The van der Waals surface area contributed by atoms with Crippen molar-refractivity contribution in [1.82, 2.24) is 5.32 Å². The van der Waals surface area contributed by atoms with E-state index in [9.17, 15) is 5.11 Å². The average molecular weight is 317 g/mol. The Morgan fingerprint density at radius 2 is 1.54 bits per heavy atom. The Bertz CT molecular complexity index is 768. The van der Waals surface area contributed by atoms with Crippen molar-refractivity contribution in [2.24, 2.45) is 0 Å². The number of aromatic hydroxyl groups is 1. The first-order valence-electron chi connectivity index (χ1n) is 8.36. The van der Waals surface area contributed by atoms with Gasteiger partial charge in [-0.3, -0.25) is 0 Å². The molecule has 0 aromatic heterocycles.